The first kappa shape index (κ1) is 12.3. The normalized spacial score (nSPS) is 10.7. The summed E-state index contributed by atoms with van der Waals surface area (Å²) < 4.78 is 7.03. The van der Waals surface area contributed by atoms with Crippen LogP contribution in [0.3, 0.4) is 0 Å². The minimum atomic E-state index is 0.545. The summed E-state index contributed by atoms with van der Waals surface area (Å²) in [6, 6.07) is 0. The third-order valence-corrected chi connectivity index (χ3v) is 2.98. The van der Waals surface area contributed by atoms with E-state index in [1.54, 1.807) is 18.6 Å². The van der Waals surface area contributed by atoms with Crippen LogP contribution in [0.4, 0.5) is 5.82 Å². The molecule has 0 atom stereocenters. The largest absolute Gasteiger partial charge is 0.448 e. The van der Waals surface area contributed by atoms with Gasteiger partial charge in [0.15, 0.2) is 12.2 Å². The van der Waals surface area contributed by atoms with Crippen molar-refractivity contribution >= 4 is 5.82 Å². The van der Waals surface area contributed by atoms with Crippen molar-refractivity contribution in [3.63, 3.8) is 0 Å². The molecule has 0 aliphatic heterocycles. The quantitative estimate of drug-likeness (QED) is 0.779. The van der Waals surface area contributed by atoms with E-state index in [1.165, 1.54) is 6.39 Å². The maximum Gasteiger partial charge on any atom is 0.181 e. The summed E-state index contributed by atoms with van der Waals surface area (Å²) in [5.41, 5.74) is 0.857. The van der Waals surface area contributed by atoms with Gasteiger partial charge in [0.2, 0.25) is 0 Å². The molecule has 0 amide bonds. The van der Waals surface area contributed by atoms with Gasteiger partial charge in [-0.3, -0.25) is 9.55 Å². The molecule has 0 saturated carbocycles. The predicted octanol–water partition coefficient (Wildman–Crippen LogP) is 1.88. The number of nitrogens with one attached hydrogen (secondary N) is 1. The van der Waals surface area contributed by atoms with Crippen molar-refractivity contribution in [1.29, 1.82) is 0 Å². The maximum absolute atomic E-state index is 5.15. The molecule has 0 radical (unpaired) electrons. The molecule has 0 aliphatic rings. The van der Waals surface area contributed by atoms with E-state index in [4.69, 9.17) is 4.42 Å². The lowest BCUT2D eigenvalue weighted by atomic mass is 10.3. The van der Waals surface area contributed by atoms with Crippen LogP contribution < -0.4 is 5.32 Å². The summed E-state index contributed by atoms with van der Waals surface area (Å²) in [5, 5.41) is 3.18. The first-order valence-electron chi connectivity index (χ1n) is 6.19. The van der Waals surface area contributed by atoms with E-state index in [-0.39, 0.29) is 0 Å². The first-order valence-corrected chi connectivity index (χ1v) is 6.19. The monoisotopic (exact) mass is 270 g/mol. The number of aryl methyl sites for hydroxylation is 2. The molecule has 3 aromatic heterocycles. The number of hydrogen-bond donors (Lipinski definition) is 1. The smallest absolute Gasteiger partial charge is 0.181 e. The zero-order chi connectivity index (χ0) is 13.9. The van der Waals surface area contributed by atoms with Crippen LogP contribution in [0.15, 0.2) is 35.6 Å². The van der Waals surface area contributed by atoms with Crippen LogP contribution in [-0.2, 0) is 6.54 Å². The second-order valence-electron chi connectivity index (χ2n) is 4.32. The zero-order valence-corrected chi connectivity index (χ0v) is 11.2. The first-order chi connectivity index (χ1) is 9.74. The third-order valence-electron chi connectivity index (χ3n) is 2.98. The van der Waals surface area contributed by atoms with Crippen molar-refractivity contribution in [3.8, 4) is 5.82 Å². The molecule has 20 heavy (non-hydrogen) atoms. The number of oxazole rings is 1. The molecule has 0 aliphatic carbocycles. The average molecular weight is 270 g/mol. The lowest BCUT2D eigenvalue weighted by Gasteiger charge is -2.07. The molecule has 0 unspecified atom stereocenters. The Kier molecular flexibility index (Phi) is 3.16. The highest BCUT2D eigenvalue weighted by atomic mass is 16.3. The van der Waals surface area contributed by atoms with E-state index in [1.807, 2.05) is 24.6 Å². The van der Waals surface area contributed by atoms with Gasteiger partial charge in [-0.15, -0.1) is 0 Å². The van der Waals surface area contributed by atoms with Crippen LogP contribution in [0.25, 0.3) is 5.82 Å². The van der Waals surface area contributed by atoms with Crippen LogP contribution in [0.2, 0.25) is 0 Å². The van der Waals surface area contributed by atoms with Crippen LogP contribution >= 0.6 is 0 Å². The number of anilines is 1. The lowest BCUT2D eigenvalue weighted by molar-refractivity contribution is 0.524. The Morgan fingerprint density at radius 2 is 2.15 bits per heavy atom. The zero-order valence-electron chi connectivity index (χ0n) is 11.2. The lowest BCUT2D eigenvalue weighted by Crippen LogP contribution is -2.06. The molecule has 0 spiro atoms. The van der Waals surface area contributed by atoms with Crippen LogP contribution in [-0.4, -0.2) is 24.5 Å². The van der Waals surface area contributed by atoms with E-state index in [0.29, 0.717) is 12.4 Å². The Bertz CT molecular complexity index is 717. The number of imidazole rings is 1. The van der Waals surface area contributed by atoms with Gasteiger partial charge in [-0.2, -0.15) is 0 Å². The molecule has 0 aromatic carbocycles. The summed E-state index contributed by atoms with van der Waals surface area (Å²) in [6.45, 7) is 4.34. The van der Waals surface area contributed by atoms with Crippen molar-refractivity contribution in [2.45, 2.75) is 20.4 Å². The molecule has 7 heteroatoms. The fourth-order valence-corrected chi connectivity index (χ4v) is 1.85. The van der Waals surface area contributed by atoms with E-state index in [2.05, 4.69) is 25.3 Å². The molecule has 1 N–H and O–H groups in total. The van der Waals surface area contributed by atoms with Crippen molar-refractivity contribution in [2.75, 3.05) is 5.32 Å². The Balaban J connectivity index is 1.78. The summed E-state index contributed by atoms with van der Waals surface area (Å²) in [6.07, 6.45) is 8.39. The fourth-order valence-electron chi connectivity index (χ4n) is 1.85. The number of aromatic nitrogens is 5. The summed E-state index contributed by atoms with van der Waals surface area (Å²) >= 11 is 0. The van der Waals surface area contributed by atoms with Gasteiger partial charge in [-0.1, -0.05) is 0 Å². The highest BCUT2D eigenvalue weighted by Crippen LogP contribution is 2.11. The Morgan fingerprint density at radius 1 is 1.25 bits per heavy atom. The molecule has 3 rings (SSSR count). The SMILES string of the molecule is Cc1ocnc1CNc1cncc(-n2ccnc2C)n1. The average Bonchev–Trinajstić information content (AvgIpc) is 3.05. The van der Waals surface area contributed by atoms with Gasteiger partial charge >= 0.3 is 0 Å². The van der Waals surface area contributed by atoms with Crippen molar-refractivity contribution < 1.29 is 4.42 Å². The van der Waals surface area contributed by atoms with Crippen molar-refractivity contribution in [2.24, 2.45) is 0 Å². The minimum Gasteiger partial charge on any atom is -0.448 e. The summed E-state index contributed by atoms with van der Waals surface area (Å²) in [5.74, 6) is 3.07. The molecule has 3 heterocycles. The third kappa shape index (κ3) is 2.37. The van der Waals surface area contributed by atoms with Gasteiger partial charge in [0.05, 0.1) is 18.9 Å². The fraction of sp³-hybridized carbons (Fsp3) is 0.231. The molecular formula is C13H14N6O. The van der Waals surface area contributed by atoms with Gasteiger partial charge in [-0.05, 0) is 13.8 Å². The van der Waals surface area contributed by atoms with Crippen LogP contribution in [0.1, 0.15) is 17.3 Å². The molecule has 3 aromatic rings. The Hall–Kier alpha value is -2.70. The highest BCUT2D eigenvalue weighted by molar-refractivity contribution is 5.37. The molecule has 102 valence electrons. The van der Waals surface area contributed by atoms with Gasteiger partial charge < -0.3 is 9.73 Å². The Morgan fingerprint density at radius 3 is 2.85 bits per heavy atom. The molecule has 0 fully saturated rings. The second kappa shape index (κ2) is 5.12. The molecular weight excluding hydrogens is 256 g/mol. The Labute approximate surface area is 115 Å². The predicted molar refractivity (Wildman–Crippen MR) is 72.5 cm³/mol. The van der Waals surface area contributed by atoms with Gasteiger partial charge in [-0.25, -0.2) is 15.0 Å². The van der Waals surface area contributed by atoms with E-state index >= 15 is 0 Å². The number of nitrogens with zero attached hydrogens (tertiary/aromatic N) is 5. The second-order valence-corrected chi connectivity index (χ2v) is 4.32. The summed E-state index contributed by atoms with van der Waals surface area (Å²) in [7, 11) is 0. The van der Waals surface area contributed by atoms with Gasteiger partial charge in [0.1, 0.15) is 23.1 Å². The minimum absolute atomic E-state index is 0.545. The molecule has 0 bridgehead atoms. The van der Waals surface area contributed by atoms with E-state index < -0.39 is 0 Å². The molecule has 0 saturated heterocycles. The molecule has 7 nitrogen and oxygen atoms in total. The maximum atomic E-state index is 5.15. The topological polar surface area (TPSA) is 81.7 Å². The van der Waals surface area contributed by atoms with Crippen molar-refractivity contribution in [1.82, 2.24) is 24.5 Å². The highest BCUT2D eigenvalue weighted by Gasteiger charge is 2.06. The van der Waals surface area contributed by atoms with E-state index in [9.17, 15) is 0 Å². The standard InChI is InChI=1S/C13H14N6O/c1-9-11(17-8-20-9)5-16-12-6-14-7-13(18-12)19-4-3-15-10(19)2/h3-4,6-8H,5H2,1-2H3,(H,16,18). The van der Waals surface area contributed by atoms with Gasteiger partial charge in [0.25, 0.3) is 0 Å². The number of hydrogen-bond acceptors (Lipinski definition) is 6. The summed E-state index contributed by atoms with van der Waals surface area (Å²) in [4.78, 5) is 17.0. The van der Waals surface area contributed by atoms with Crippen LogP contribution in [0.5, 0.6) is 0 Å². The number of rotatable bonds is 4. The van der Waals surface area contributed by atoms with Gasteiger partial charge in [0, 0.05) is 12.4 Å². The van der Waals surface area contributed by atoms with Crippen LogP contribution in [0, 0.1) is 13.8 Å². The van der Waals surface area contributed by atoms with Crippen molar-refractivity contribution in [3.05, 3.63) is 48.5 Å². The van der Waals surface area contributed by atoms with E-state index in [0.717, 1.165) is 23.1 Å².